The molecule has 0 saturated heterocycles. The molecule has 37 heavy (non-hydrogen) atoms. The summed E-state index contributed by atoms with van der Waals surface area (Å²) in [6.07, 6.45) is -5.05. The largest absolute Gasteiger partial charge is 0.416 e. The molecule has 0 spiro atoms. The van der Waals surface area contributed by atoms with Crippen molar-refractivity contribution in [3.05, 3.63) is 70.9 Å². The van der Waals surface area contributed by atoms with Crippen LogP contribution < -0.4 is 11.1 Å². The molecule has 0 aliphatic carbocycles. The Morgan fingerprint density at radius 3 is 2.46 bits per heavy atom. The minimum atomic E-state index is -4.63. The van der Waals surface area contributed by atoms with Gasteiger partial charge < -0.3 is 26.4 Å². The topological polar surface area (TPSA) is 159 Å². The lowest BCUT2D eigenvalue weighted by Gasteiger charge is -2.15. The van der Waals surface area contributed by atoms with E-state index in [1.807, 2.05) is 0 Å². The predicted octanol–water partition coefficient (Wildman–Crippen LogP) is 1.94. The molecule has 4 rings (SSSR count). The first-order valence-corrected chi connectivity index (χ1v) is 10.7. The van der Waals surface area contributed by atoms with Gasteiger partial charge in [-0.25, -0.2) is 15.0 Å². The number of amides is 1. The first kappa shape index (κ1) is 26.1. The Hall–Kier alpha value is -4.01. The number of nitrogens with two attached hydrogens (primary N) is 1. The number of pyridine rings is 1. The highest BCUT2D eigenvalue weighted by atomic mass is 19.4. The van der Waals surface area contributed by atoms with Gasteiger partial charge in [0.1, 0.15) is 22.8 Å². The number of carbonyl (C=O) groups is 1. The van der Waals surface area contributed by atoms with Crippen LogP contribution >= 0.6 is 0 Å². The van der Waals surface area contributed by atoms with Gasteiger partial charge in [-0.3, -0.25) is 9.20 Å². The van der Waals surface area contributed by atoms with Gasteiger partial charge in [0.2, 0.25) is 0 Å². The van der Waals surface area contributed by atoms with E-state index in [1.165, 1.54) is 28.8 Å². The van der Waals surface area contributed by atoms with Crippen molar-refractivity contribution in [1.82, 2.24) is 19.4 Å². The minimum absolute atomic E-state index is 0.000411. The molecule has 4 aromatic rings. The second-order valence-electron chi connectivity index (χ2n) is 8.34. The molecular weight excluding hydrogens is 492 g/mol. The van der Waals surface area contributed by atoms with Crippen molar-refractivity contribution in [3.63, 3.8) is 0 Å². The average Bonchev–Trinajstić information content (AvgIpc) is 3.18. The molecule has 3 heterocycles. The smallest absolute Gasteiger partial charge is 0.382 e. The number of fused-ring (bicyclic) bond motifs is 1. The van der Waals surface area contributed by atoms with Gasteiger partial charge in [-0.1, -0.05) is 12.1 Å². The van der Waals surface area contributed by atoms with Crippen LogP contribution in [0.5, 0.6) is 0 Å². The summed E-state index contributed by atoms with van der Waals surface area (Å²) in [6, 6.07) is 6.68. The third-order valence-electron chi connectivity index (χ3n) is 5.47. The fraction of sp³-hybridized carbons (Fsp3) is 0.217. The van der Waals surface area contributed by atoms with Crippen LogP contribution in [0, 0.1) is 13.8 Å². The number of carbonyl (C=O) groups excluding carboxylic acids is 1. The quantitative estimate of drug-likeness (QED) is 0.201. The molecule has 0 bridgehead atoms. The monoisotopic (exact) mass is 512 g/mol. The fourth-order valence-electron chi connectivity index (χ4n) is 3.82. The summed E-state index contributed by atoms with van der Waals surface area (Å²) in [5.41, 5.74) is 3.63. The zero-order valence-electron chi connectivity index (χ0n) is 19.4. The Morgan fingerprint density at radius 1 is 1.14 bits per heavy atom. The number of nitrogens with one attached hydrogen (secondary N) is 1. The Kier molecular flexibility index (Phi) is 6.44. The number of aliphatic hydroxyl groups excluding tert-OH is 1. The molecule has 0 fully saturated rings. The number of nitrogen functional groups attached to an aromatic ring is 1. The van der Waals surface area contributed by atoms with E-state index in [9.17, 15) is 33.3 Å². The predicted molar refractivity (Wildman–Crippen MR) is 127 cm³/mol. The van der Waals surface area contributed by atoms with Crippen molar-refractivity contribution in [1.29, 1.82) is 0 Å². The van der Waals surface area contributed by atoms with E-state index in [0.717, 1.165) is 12.1 Å². The van der Waals surface area contributed by atoms with E-state index in [-0.39, 0.29) is 34.2 Å². The van der Waals surface area contributed by atoms with E-state index < -0.39 is 29.4 Å². The molecule has 1 unspecified atom stereocenters. The molecule has 6 N–H and O–H groups in total. The minimum Gasteiger partial charge on any atom is -0.382 e. The van der Waals surface area contributed by atoms with Crippen molar-refractivity contribution in [2.75, 3.05) is 11.1 Å². The van der Waals surface area contributed by atoms with Crippen LogP contribution in [0.1, 0.15) is 34.4 Å². The lowest BCUT2D eigenvalue weighted by molar-refractivity contribution is -0.138. The summed E-state index contributed by atoms with van der Waals surface area (Å²) in [4.78, 5) is 25.2. The van der Waals surface area contributed by atoms with Crippen LogP contribution in [0.2, 0.25) is 0 Å². The standard InChI is InChI=1S/C23H20BF3N6O4/c1-10-9-33-17(19(28)29-10)16(32-21(33)22(24,36)37)14-6-7-15(30-11(14)2)31-20(35)18(34)12-4-3-5-13(8-12)23(25,26)27/h3-9,18,34,36-37H,1-2H3,(H2,28,29)(H,30,31,35). The average molecular weight is 512 g/mol. The number of hydrogen-bond acceptors (Lipinski definition) is 8. The van der Waals surface area contributed by atoms with Gasteiger partial charge in [0, 0.05) is 17.5 Å². The van der Waals surface area contributed by atoms with Crippen molar-refractivity contribution >= 4 is 30.9 Å². The molecule has 10 nitrogen and oxygen atoms in total. The third kappa shape index (κ3) is 5.12. The summed E-state index contributed by atoms with van der Waals surface area (Å²) in [5, 5.41) is 32.6. The summed E-state index contributed by atoms with van der Waals surface area (Å²) in [7, 11) is 5.46. The number of imidazole rings is 1. The molecule has 0 aliphatic heterocycles. The van der Waals surface area contributed by atoms with Crippen LogP contribution in [0.15, 0.2) is 42.6 Å². The zero-order chi connectivity index (χ0) is 27.3. The molecule has 0 saturated carbocycles. The molecule has 1 atom stereocenters. The highest BCUT2D eigenvalue weighted by molar-refractivity contribution is 6.13. The van der Waals surface area contributed by atoms with E-state index in [1.54, 1.807) is 13.8 Å². The maximum atomic E-state index is 13.0. The van der Waals surface area contributed by atoms with Gasteiger partial charge in [0.05, 0.1) is 11.3 Å². The number of alkyl halides is 3. The van der Waals surface area contributed by atoms with Crippen LogP contribution in [0.4, 0.5) is 24.8 Å². The van der Waals surface area contributed by atoms with Gasteiger partial charge in [-0.05, 0) is 43.7 Å². The summed E-state index contributed by atoms with van der Waals surface area (Å²) in [6.45, 7) is 3.22. The fourth-order valence-corrected chi connectivity index (χ4v) is 3.82. The molecular formula is C23H20BF3N6O4. The molecule has 2 radical (unpaired) electrons. The normalized spacial score (nSPS) is 13.1. The van der Waals surface area contributed by atoms with E-state index >= 15 is 0 Å². The van der Waals surface area contributed by atoms with Crippen LogP contribution in [0.25, 0.3) is 16.8 Å². The number of aliphatic hydroxyl groups is 3. The van der Waals surface area contributed by atoms with E-state index in [4.69, 9.17) is 13.6 Å². The van der Waals surface area contributed by atoms with Crippen LogP contribution in [-0.4, -0.2) is 48.4 Å². The van der Waals surface area contributed by atoms with Gasteiger partial charge in [0.15, 0.2) is 25.5 Å². The highest BCUT2D eigenvalue weighted by Gasteiger charge is 2.32. The maximum Gasteiger partial charge on any atom is 0.416 e. The zero-order valence-corrected chi connectivity index (χ0v) is 19.4. The van der Waals surface area contributed by atoms with Gasteiger partial charge in [-0.2, -0.15) is 13.2 Å². The van der Waals surface area contributed by atoms with Crippen molar-refractivity contribution in [3.8, 4) is 11.3 Å². The number of hydrogen-bond donors (Lipinski definition) is 5. The number of benzene rings is 1. The first-order chi connectivity index (χ1) is 17.2. The molecule has 190 valence electrons. The third-order valence-corrected chi connectivity index (χ3v) is 5.47. The lowest BCUT2D eigenvalue weighted by Crippen LogP contribution is -2.28. The van der Waals surface area contributed by atoms with Crippen LogP contribution in [0.3, 0.4) is 0 Å². The highest BCUT2D eigenvalue weighted by Crippen LogP contribution is 2.33. The summed E-state index contributed by atoms with van der Waals surface area (Å²) >= 11 is 0. The van der Waals surface area contributed by atoms with Crippen molar-refractivity contribution in [2.24, 2.45) is 0 Å². The number of aromatic nitrogens is 4. The van der Waals surface area contributed by atoms with E-state index in [0.29, 0.717) is 23.0 Å². The van der Waals surface area contributed by atoms with Gasteiger partial charge >= 0.3 is 6.18 Å². The second-order valence-corrected chi connectivity index (χ2v) is 8.34. The Balaban J connectivity index is 1.66. The SMILES string of the molecule is [B]C(O)(O)c1nc(-c2ccc(NC(=O)C(O)c3cccc(C(F)(F)F)c3)nc2C)c2c(N)nc(C)cn12. The van der Waals surface area contributed by atoms with Gasteiger partial charge in [0.25, 0.3) is 5.91 Å². The summed E-state index contributed by atoms with van der Waals surface area (Å²) < 4.78 is 40.2. The molecule has 14 heteroatoms. The van der Waals surface area contributed by atoms with E-state index in [2.05, 4.69) is 20.3 Å². The Bertz CT molecular complexity index is 1520. The van der Waals surface area contributed by atoms with Gasteiger partial charge in [-0.15, -0.1) is 0 Å². The lowest BCUT2D eigenvalue weighted by atomic mass is 9.94. The molecule has 1 amide bonds. The number of aryl methyl sites for hydroxylation is 2. The molecule has 3 aromatic heterocycles. The number of nitrogens with zero attached hydrogens (tertiary/aromatic N) is 4. The number of rotatable bonds is 5. The van der Waals surface area contributed by atoms with Crippen LogP contribution in [-0.2, 0) is 16.7 Å². The first-order valence-electron chi connectivity index (χ1n) is 10.7. The number of halogens is 3. The molecule has 1 aromatic carbocycles. The number of anilines is 2. The summed E-state index contributed by atoms with van der Waals surface area (Å²) in [5.74, 6) is -1.28. The van der Waals surface area contributed by atoms with Crippen molar-refractivity contribution < 1.29 is 33.3 Å². The Morgan fingerprint density at radius 2 is 1.84 bits per heavy atom. The Labute approximate surface area is 209 Å². The molecule has 0 aliphatic rings. The maximum absolute atomic E-state index is 13.0. The second kappa shape index (κ2) is 9.14. The van der Waals surface area contributed by atoms with Crippen molar-refractivity contribution in [2.45, 2.75) is 31.8 Å².